The molecule has 2 rings (SSSR count). The number of carbonyl (C=O) groups is 2. The quantitative estimate of drug-likeness (QED) is 0.657. The maximum Gasteiger partial charge on any atom is 0.340 e. The number of benzene rings is 1. The number of hydrogen-bond donors (Lipinski definition) is 1. The number of esters is 1. The lowest BCUT2D eigenvalue weighted by Gasteiger charge is -2.29. The Kier molecular flexibility index (Phi) is 3.11. The van der Waals surface area contributed by atoms with Crippen LogP contribution >= 0.6 is 0 Å². The number of para-hydroxylation sites is 1. The van der Waals surface area contributed by atoms with Crippen LogP contribution in [0.4, 0.5) is 5.69 Å². The molecule has 1 atom stereocenters. The van der Waals surface area contributed by atoms with Crippen LogP contribution in [-0.4, -0.2) is 23.9 Å². The zero-order valence-corrected chi connectivity index (χ0v) is 10.8. The van der Waals surface area contributed by atoms with Crippen LogP contribution in [0.3, 0.4) is 0 Å². The molecule has 0 aromatic heterocycles. The molecule has 96 valence electrons. The highest BCUT2D eigenvalue weighted by molar-refractivity contribution is 6.24. The van der Waals surface area contributed by atoms with Crippen LogP contribution in [0.15, 0.2) is 24.3 Å². The Hall–Kier alpha value is -1.84. The minimum Gasteiger partial charge on any atom is -0.464 e. The molecule has 1 unspecified atom stereocenters. The topological polar surface area (TPSA) is 55.4 Å². The van der Waals surface area contributed by atoms with Gasteiger partial charge in [-0.1, -0.05) is 26.0 Å². The molecule has 1 aliphatic rings. The van der Waals surface area contributed by atoms with Gasteiger partial charge < -0.3 is 10.1 Å². The molecule has 4 nitrogen and oxygen atoms in total. The van der Waals surface area contributed by atoms with Gasteiger partial charge in [-0.2, -0.15) is 0 Å². The molecular formula is C14H17NO3. The highest BCUT2D eigenvalue weighted by Crippen LogP contribution is 2.37. The van der Waals surface area contributed by atoms with E-state index in [1.807, 2.05) is 19.9 Å². The van der Waals surface area contributed by atoms with Crippen molar-refractivity contribution < 1.29 is 14.3 Å². The van der Waals surface area contributed by atoms with Gasteiger partial charge >= 0.3 is 5.97 Å². The number of anilines is 1. The summed E-state index contributed by atoms with van der Waals surface area (Å²) in [4.78, 5) is 24.7. The van der Waals surface area contributed by atoms with E-state index < -0.39 is 11.5 Å². The third-order valence-electron chi connectivity index (χ3n) is 3.33. The van der Waals surface area contributed by atoms with Gasteiger partial charge in [0.1, 0.15) is 0 Å². The average Bonchev–Trinajstić information content (AvgIpc) is 2.65. The van der Waals surface area contributed by atoms with E-state index in [4.69, 9.17) is 4.74 Å². The Bertz CT molecular complexity index is 496. The number of Topliss-reactive ketones (excluding diaryl/α,β-unsaturated/α-hetero) is 1. The third kappa shape index (κ3) is 1.60. The number of ketones is 1. The molecule has 0 amide bonds. The van der Waals surface area contributed by atoms with Gasteiger partial charge in [-0.3, -0.25) is 4.79 Å². The van der Waals surface area contributed by atoms with Crippen molar-refractivity contribution in [2.24, 2.45) is 5.92 Å². The van der Waals surface area contributed by atoms with Crippen molar-refractivity contribution in [3.8, 4) is 0 Å². The van der Waals surface area contributed by atoms with Crippen LogP contribution in [-0.2, 0) is 9.53 Å². The maximum atomic E-state index is 12.5. The van der Waals surface area contributed by atoms with E-state index in [1.54, 1.807) is 25.1 Å². The number of fused-ring (bicyclic) bond motifs is 1. The molecule has 0 saturated heterocycles. The second kappa shape index (κ2) is 4.44. The molecule has 4 heteroatoms. The Balaban J connectivity index is 2.48. The minimum atomic E-state index is -1.28. The highest BCUT2D eigenvalue weighted by atomic mass is 16.5. The zero-order valence-electron chi connectivity index (χ0n) is 10.8. The predicted octanol–water partition coefficient (Wildman–Crippen LogP) is 2.25. The predicted molar refractivity (Wildman–Crippen MR) is 68.6 cm³/mol. The summed E-state index contributed by atoms with van der Waals surface area (Å²) in [7, 11) is 0. The monoisotopic (exact) mass is 247 g/mol. The van der Waals surface area contributed by atoms with E-state index in [2.05, 4.69) is 5.32 Å². The lowest BCUT2D eigenvalue weighted by atomic mass is 9.82. The summed E-state index contributed by atoms with van der Waals surface area (Å²) in [5.74, 6) is -0.885. The molecule has 1 aromatic carbocycles. The number of carbonyl (C=O) groups excluding carboxylic acids is 2. The number of ether oxygens (including phenoxy) is 1. The molecule has 1 aliphatic heterocycles. The highest BCUT2D eigenvalue weighted by Gasteiger charge is 2.54. The number of rotatable bonds is 3. The van der Waals surface area contributed by atoms with Crippen molar-refractivity contribution >= 4 is 17.4 Å². The summed E-state index contributed by atoms with van der Waals surface area (Å²) >= 11 is 0. The Morgan fingerprint density at radius 1 is 1.39 bits per heavy atom. The van der Waals surface area contributed by atoms with Crippen molar-refractivity contribution in [3.63, 3.8) is 0 Å². The average molecular weight is 247 g/mol. The molecule has 1 heterocycles. The van der Waals surface area contributed by atoms with Gasteiger partial charge in [-0.25, -0.2) is 4.79 Å². The van der Waals surface area contributed by atoms with Gasteiger partial charge in [0.2, 0.25) is 11.3 Å². The molecule has 0 spiro atoms. The first-order valence-corrected chi connectivity index (χ1v) is 6.13. The Morgan fingerprint density at radius 2 is 2.06 bits per heavy atom. The second-order valence-corrected chi connectivity index (χ2v) is 4.68. The largest absolute Gasteiger partial charge is 0.464 e. The summed E-state index contributed by atoms with van der Waals surface area (Å²) < 4.78 is 5.07. The first-order valence-electron chi connectivity index (χ1n) is 6.13. The molecule has 18 heavy (non-hydrogen) atoms. The van der Waals surface area contributed by atoms with Gasteiger partial charge in [-0.15, -0.1) is 0 Å². The number of nitrogens with one attached hydrogen (secondary N) is 1. The first kappa shape index (κ1) is 12.6. The zero-order chi connectivity index (χ0) is 13.3. The second-order valence-electron chi connectivity index (χ2n) is 4.68. The van der Waals surface area contributed by atoms with E-state index in [-0.39, 0.29) is 18.3 Å². The smallest absolute Gasteiger partial charge is 0.340 e. The minimum absolute atomic E-state index is 0.184. The van der Waals surface area contributed by atoms with Crippen LogP contribution in [0.1, 0.15) is 31.1 Å². The molecule has 0 bridgehead atoms. The molecule has 1 aromatic rings. The van der Waals surface area contributed by atoms with Gasteiger partial charge in [0.25, 0.3) is 0 Å². The summed E-state index contributed by atoms with van der Waals surface area (Å²) in [6.07, 6.45) is 0. The normalized spacial score (nSPS) is 21.7. The third-order valence-corrected chi connectivity index (χ3v) is 3.33. The standard InChI is InChI=1S/C14H17NO3/c1-4-18-13(17)14(9(2)3)12(16)10-7-5-6-8-11(10)15-14/h5-9,15H,4H2,1-3H3. The summed E-state index contributed by atoms with van der Waals surface area (Å²) in [6, 6.07) is 7.16. The lowest BCUT2D eigenvalue weighted by molar-refractivity contribution is -0.147. The fraction of sp³-hybridized carbons (Fsp3) is 0.429. The lowest BCUT2D eigenvalue weighted by Crippen LogP contribution is -2.54. The summed E-state index contributed by atoms with van der Waals surface area (Å²) in [6.45, 7) is 5.68. The first-order chi connectivity index (χ1) is 8.54. The molecule has 1 N–H and O–H groups in total. The van der Waals surface area contributed by atoms with Crippen LogP contribution in [0, 0.1) is 5.92 Å². The van der Waals surface area contributed by atoms with Crippen LogP contribution in [0.5, 0.6) is 0 Å². The number of hydrogen-bond acceptors (Lipinski definition) is 4. The Labute approximate surface area is 106 Å². The van der Waals surface area contributed by atoms with Crippen molar-refractivity contribution in [2.75, 3.05) is 11.9 Å². The maximum absolute atomic E-state index is 12.5. The van der Waals surface area contributed by atoms with E-state index >= 15 is 0 Å². The van der Waals surface area contributed by atoms with E-state index in [9.17, 15) is 9.59 Å². The van der Waals surface area contributed by atoms with Crippen molar-refractivity contribution in [1.82, 2.24) is 0 Å². The van der Waals surface area contributed by atoms with Crippen molar-refractivity contribution in [3.05, 3.63) is 29.8 Å². The van der Waals surface area contributed by atoms with E-state index in [1.165, 1.54) is 0 Å². The van der Waals surface area contributed by atoms with E-state index in [0.717, 1.165) is 0 Å². The van der Waals surface area contributed by atoms with Crippen LogP contribution in [0.25, 0.3) is 0 Å². The molecular weight excluding hydrogens is 230 g/mol. The van der Waals surface area contributed by atoms with Crippen LogP contribution < -0.4 is 5.32 Å². The van der Waals surface area contributed by atoms with Crippen LogP contribution in [0.2, 0.25) is 0 Å². The van der Waals surface area contributed by atoms with Gasteiger partial charge in [0.15, 0.2) is 0 Å². The Morgan fingerprint density at radius 3 is 2.61 bits per heavy atom. The summed E-state index contributed by atoms with van der Waals surface area (Å²) in [5.41, 5.74) is -0.0248. The molecule has 0 fully saturated rings. The van der Waals surface area contributed by atoms with Gasteiger partial charge in [0.05, 0.1) is 6.61 Å². The molecule has 0 radical (unpaired) electrons. The van der Waals surface area contributed by atoms with Gasteiger partial charge in [0, 0.05) is 11.3 Å². The fourth-order valence-electron chi connectivity index (χ4n) is 2.30. The van der Waals surface area contributed by atoms with Crippen molar-refractivity contribution in [1.29, 1.82) is 0 Å². The summed E-state index contributed by atoms with van der Waals surface area (Å²) in [5, 5.41) is 3.06. The van der Waals surface area contributed by atoms with Gasteiger partial charge in [-0.05, 0) is 25.0 Å². The fourth-order valence-corrected chi connectivity index (χ4v) is 2.30. The SMILES string of the molecule is CCOC(=O)C1(C(C)C)Nc2ccccc2C1=O. The van der Waals surface area contributed by atoms with E-state index in [0.29, 0.717) is 11.3 Å². The molecule has 0 aliphatic carbocycles. The molecule has 0 saturated carbocycles. The van der Waals surface area contributed by atoms with Crippen molar-refractivity contribution in [2.45, 2.75) is 26.3 Å².